The van der Waals surface area contributed by atoms with Crippen molar-refractivity contribution in [2.24, 2.45) is 0 Å². The third kappa shape index (κ3) is 5.78. The molecule has 0 radical (unpaired) electrons. The van der Waals surface area contributed by atoms with Crippen LogP contribution in [0.2, 0.25) is 0 Å². The van der Waals surface area contributed by atoms with Gasteiger partial charge in [-0.15, -0.1) is 11.3 Å². The van der Waals surface area contributed by atoms with Gasteiger partial charge in [0.25, 0.3) is 5.91 Å². The first-order valence-corrected chi connectivity index (χ1v) is 11.6. The Morgan fingerprint density at radius 1 is 1.10 bits per heavy atom. The first-order valence-electron chi connectivity index (χ1n) is 8.85. The summed E-state index contributed by atoms with van der Waals surface area (Å²) in [6.07, 6.45) is 1.07. The van der Waals surface area contributed by atoms with E-state index in [1.807, 2.05) is 43.5 Å². The van der Waals surface area contributed by atoms with Gasteiger partial charge in [0.2, 0.25) is 10.0 Å². The summed E-state index contributed by atoms with van der Waals surface area (Å²) >= 11 is 1.33. The molecule has 0 fully saturated rings. The molecule has 0 aliphatic rings. The van der Waals surface area contributed by atoms with Crippen LogP contribution in [-0.4, -0.2) is 25.6 Å². The molecule has 0 saturated heterocycles. The van der Waals surface area contributed by atoms with E-state index in [0.717, 1.165) is 23.1 Å². The molecule has 3 aromatic rings. The van der Waals surface area contributed by atoms with Crippen LogP contribution in [0.1, 0.15) is 27.2 Å². The first-order chi connectivity index (χ1) is 13.7. The molecule has 2 aromatic carbocycles. The largest absolute Gasteiger partial charge is 0.379 e. The maximum absolute atomic E-state index is 12.5. The van der Waals surface area contributed by atoms with Gasteiger partial charge in [0.05, 0.1) is 23.3 Å². The Balaban J connectivity index is 1.84. The molecule has 1 heterocycles. The summed E-state index contributed by atoms with van der Waals surface area (Å²) in [5.74, 6) is -0.360. The number of thiazole rings is 1. The maximum Gasteiger partial charge on any atom is 0.257 e. The number of hydrogen-bond donors (Lipinski definition) is 3. The lowest BCUT2D eigenvalue weighted by molar-refractivity contribution is 0.102. The van der Waals surface area contributed by atoms with Crippen molar-refractivity contribution in [2.45, 2.75) is 20.4 Å². The quantitative estimate of drug-likeness (QED) is 0.526. The molecule has 3 N–H and O–H groups in total. The van der Waals surface area contributed by atoms with Gasteiger partial charge in [-0.05, 0) is 43.2 Å². The highest BCUT2D eigenvalue weighted by Gasteiger charge is 2.14. The van der Waals surface area contributed by atoms with Crippen molar-refractivity contribution >= 4 is 43.8 Å². The van der Waals surface area contributed by atoms with E-state index in [0.29, 0.717) is 28.6 Å². The Morgan fingerprint density at radius 2 is 1.86 bits per heavy atom. The van der Waals surface area contributed by atoms with Gasteiger partial charge in [0, 0.05) is 17.5 Å². The van der Waals surface area contributed by atoms with Crippen LogP contribution in [0.5, 0.6) is 0 Å². The van der Waals surface area contributed by atoms with Crippen molar-refractivity contribution in [1.29, 1.82) is 0 Å². The number of aryl methyl sites for hydroxylation is 2. The van der Waals surface area contributed by atoms with Crippen LogP contribution in [0, 0.1) is 13.8 Å². The van der Waals surface area contributed by atoms with Crippen molar-refractivity contribution in [2.75, 3.05) is 21.6 Å². The minimum Gasteiger partial charge on any atom is -0.379 e. The summed E-state index contributed by atoms with van der Waals surface area (Å²) in [5.41, 5.74) is 4.27. The van der Waals surface area contributed by atoms with Crippen molar-refractivity contribution in [3.8, 4) is 0 Å². The number of hydrogen-bond acceptors (Lipinski definition) is 6. The number of nitrogens with one attached hydrogen (secondary N) is 3. The second kappa shape index (κ2) is 8.62. The number of benzene rings is 2. The van der Waals surface area contributed by atoms with Gasteiger partial charge in [-0.25, -0.2) is 13.4 Å². The molecule has 29 heavy (non-hydrogen) atoms. The van der Waals surface area contributed by atoms with Crippen molar-refractivity contribution in [3.63, 3.8) is 0 Å². The lowest BCUT2D eigenvalue weighted by Crippen LogP contribution is -2.15. The smallest absolute Gasteiger partial charge is 0.257 e. The van der Waals surface area contributed by atoms with Crippen LogP contribution in [0.25, 0.3) is 0 Å². The van der Waals surface area contributed by atoms with Crippen LogP contribution >= 0.6 is 11.3 Å². The van der Waals surface area contributed by atoms with E-state index in [-0.39, 0.29) is 5.91 Å². The van der Waals surface area contributed by atoms with E-state index >= 15 is 0 Å². The second-order valence-electron chi connectivity index (χ2n) is 6.66. The van der Waals surface area contributed by atoms with Crippen molar-refractivity contribution < 1.29 is 13.2 Å². The minimum absolute atomic E-state index is 0.309. The number of amides is 1. The third-order valence-corrected chi connectivity index (χ3v) is 5.61. The summed E-state index contributed by atoms with van der Waals surface area (Å²) in [7, 11) is -3.52. The first kappa shape index (κ1) is 20.8. The van der Waals surface area contributed by atoms with Crippen LogP contribution in [0.3, 0.4) is 0 Å². The van der Waals surface area contributed by atoms with E-state index in [2.05, 4.69) is 20.3 Å². The van der Waals surface area contributed by atoms with E-state index in [1.165, 1.54) is 17.4 Å². The monoisotopic (exact) mass is 430 g/mol. The molecule has 0 bridgehead atoms. The SMILES string of the molecule is Cc1csc(NC(=O)c2ccc(NCc3ccccc3C)c(NS(C)(=O)=O)c2)n1. The fourth-order valence-corrected chi connectivity index (χ4v) is 3.95. The molecule has 0 aliphatic heterocycles. The van der Waals surface area contributed by atoms with E-state index in [4.69, 9.17) is 0 Å². The molecule has 0 atom stereocenters. The summed E-state index contributed by atoms with van der Waals surface area (Å²) in [6, 6.07) is 12.8. The lowest BCUT2D eigenvalue weighted by Gasteiger charge is -2.15. The van der Waals surface area contributed by atoms with E-state index in [1.54, 1.807) is 12.1 Å². The van der Waals surface area contributed by atoms with Gasteiger partial charge in [-0.1, -0.05) is 24.3 Å². The molecule has 0 aliphatic carbocycles. The molecular weight excluding hydrogens is 408 g/mol. The molecule has 1 aromatic heterocycles. The lowest BCUT2D eigenvalue weighted by atomic mass is 10.1. The summed E-state index contributed by atoms with van der Waals surface area (Å²) in [4.78, 5) is 16.7. The highest BCUT2D eigenvalue weighted by Crippen LogP contribution is 2.26. The van der Waals surface area contributed by atoms with Crippen molar-refractivity contribution in [1.82, 2.24) is 4.98 Å². The van der Waals surface area contributed by atoms with Crippen LogP contribution in [0.15, 0.2) is 47.8 Å². The Kier molecular flexibility index (Phi) is 6.19. The molecule has 7 nitrogen and oxygen atoms in total. The average molecular weight is 431 g/mol. The molecule has 152 valence electrons. The highest BCUT2D eigenvalue weighted by atomic mass is 32.2. The summed E-state index contributed by atoms with van der Waals surface area (Å²) in [6.45, 7) is 4.38. The van der Waals surface area contributed by atoms with Gasteiger partial charge < -0.3 is 5.32 Å². The number of nitrogens with zero attached hydrogens (tertiary/aromatic N) is 1. The number of aromatic nitrogens is 1. The average Bonchev–Trinajstić information content (AvgIpc) is 3.05. The van der Waals surface area contributed by atoms with Gasteiger partial charge >= 0.3 is 0 Å². The predicted octanol–water partition coefficient (Wildman–Crippen LogP) is 4.00. The van der Waals surface area contributed by atoms with Crippen LogP contribution < -0.4 is 15.4 Å². The van der Waals surface area contributed by atoms with Crippen LogP contribution in [-0.2, 0) is 16.6 Å². The number of anilines is 3. The van der Waals surface area contributed by atoms with Gasteiger partial charge in [-0.3, -0.25) is 14.8 Å². The number of carbonyl (C=O) groups is 1. The predicted molar refractivity (Wildman–Crippen MR) is 118 cm³/mol. The maximum atomic E-state index is 12.5. The van der Waals surface area contributed by atoms with Gasteiger partial charge in [0.15, 0.2) is 5.13 Å². The minimum atomic E-state index is -3.52. The zero-order valence-electron chi connectivity index (χ0n) is 16.3. The zero-order valence-corrected chi connectivity index (χ0v) is 17.9. The fourth-order valence-electron chi connectivity index (χ4n) is 2.70. The van der Waals surface area contributed by atoms with Gasteiger partial charge in [-0.2, -0.15) is 0 Å². The van der Waals surface area contributed by atoms with Crippen LogP contribution in [0.4, 0.5) is 16.5 Å². The number of carbonyl (C=O) groups excluding carboxylic acids is 1. The molecule has 0 unspecified atom stereocenters. The highest BCUT2D eigenvalue weighted by molar-refractivity contribution is 7.92. The zero-order chi connectivity index (χ0) is 21.0. The molecular formula is C20H22N4O3S2. The van der Waals surface area contributed by atoms with Crippen molar-refractivity contribution in [3.05, 3.63) is 70.2 Å². The second-order valence-corrected chi connectivity index (χ2v) is 9.27. The topological polar surface area (TPSA) is 100 Å². The molecule has 0 spiro atoms. The number of rotatable bonds is 7. The van der Waals surface area contributed by atoms with Gasteiger partial charge in [0.1, 0.15) is 0 Å². The van der Waals surface area contributed by atoms with E-state index in [9.17, 15) is 13.2 Å². The third-order valence-electron chi connectivity index (χ3n) is 4.15. The molecule has 9 heteroatoms. The normalized spacial score (nSPS) is 11.1. The Bertz CT molecular complexity index is 1140. The summed E-state index contributed by atoms with van der Waals surface area (Å²) < 4.78 is 26.1. The molecule has 3 rings (SSSR count). The Hall–Kier alpha value is -2.91. The molecule has 0 saturated carbocycles. The number of sulfonamides is 1. The fraction of sp³-hybridized carbons (Fsp3) is 0.200. The summed E-state index contributed by atoms with van der Waals surface area (Å²) in [5, 5.41) is 8.30. The van der Waals surface area contributed by atoms with E-state index < -0.39 is 10.0 Å². The Morgan fingerprint density at radius 3 is 2.52 bits per heavy atom. The Labute approximate surface area is 174 Å². The molecule has 1 amide bonds. The standard InChI is InChI=1S/C20H22N4O3S2/c1-13-6-4-5-7-16(13)11-21-17-9-8-15(10-18(17)24-29(3,26)27)19(25)23-20-22-14(2)12-28-20/h4-10,12,21,24H,11H2,1-3H3,(H,22,23,25).